The Hall–Kier alpha value is -2.12. The Kier molecular flexibility index (Phi) is 8.10. The van der Waals surface area contributed by atoms with Crippen molar-refractivity contribution in [3.63, 3.8) is 0 Å². The Morgan fingerprint density at radius 1 is 0.867 bits per heavy atom. The number of benzene rings is 2. The van der Waals surface area contributed by atoms with Crippen LogP contribution in [0.2, 0.25) is 10.0 Å². The van der Waals surface area contributed by atoms with Gasteiger partial charge in [0.2, 0.25) is 11.8 Å². The summed E-state index contributed by atoms with van der Waals surface area (Å²) in [4.78, 5) is 28.9. The highest BCUT2D eigenvalue weighted by Crippen LogP contribution is 2.22. The molecular weight excluding hydrogens is 423 g/mol. The van der Waals surface area contributed by atoms with Crippen LogP contribution in [0.4, 0.5) is 5.69 Å². The lowest BCUT2D eigenvalue weighted by atomic mass is 10.1. The maximum atomic E-state index is 12.4. The van der Waals surface area contributed by atoms with E-state index < -0.39 is 0 Å². The van der Waals surface area contributed by atoms with Gasteiger partial charge < -0.3 is 10.6 Å². The molecule has 0 spiro atoms. The fraction of sp³-hybridized carbons (Fsp3) is 0.364. The van der Waals surface area contributed by atoms with Gasteiger partial charge in [-0.1, -0.05) is 53.5 Å². The second kappa shape index (κ2) is 10.8. The van der Waals surface area contributed by atoms with E-state index in [-0.39, 0.29) is 17.9 Å². The molecule has 0 radical (unpaired) electrons. The van der Waals surface area contributed by atoms with Gasteiger partial charge in [0, 0.05) is 31.2 Å². The van der Waals surface area contributed by atoms with Gasteiger partial charge in [0.1, 0.15) is 0 Å². The van der Waals surface area contributed by atoms with Gasteiger partial charge >= 0.3 is 0 Å². The largest absolute Gasteiger partial charge is 0.348 e. The summed E-state index contributed by atoms with van der Waals surface area (Å²) in [6, 6.07) is 14.5. The molecule has 160 valence electrons. The van der Waals surface area contributed by atoms with E-state index in [1.54, 1.807) is 12.1 Å². The predicted molar refractivity (Wildman–Crippen MR) is 121 cm³/mol. The number of rotatable bonds is 7. The molecule has 2 aromatic carbocycles. The molecule has 1 unspecified atom stereocenters. The van der Waals surface area contributed by atoms with Crippen molar-refractivity contribution >= 4 is 40.7 Å². The van der Waals surface area contributed by atoms with Gasteiger partial charge in [-0.25, -0.2) is 0 Å². The average molecular weight is 449 g/mol. The van der Waals surface area contributed by atoms with Crippen molar-refractivity contribution < 1.29 is 9.59 Å². The number of amides is 2. The van der Waals surface area contributed by atoms with Gasteiger partial charge in [-0.3, -0.25) is 19.4 Å². The van der Waals surface area contributed by atoms with E-state index in [1.807, 2.05) is 43.3 Å². The SMILES string of the molecule is CC(NC(=O)CN1CCN(CC(=O)Nc2ccccc2Cl)CC1)c1ccccc1Cl. The highest BCUT2D eigenvalue weighted by atomic mass is 35.5. The van der Waals surface area contributed by atoms with Gasteiger partial charge in [-0.05, 0) is 30.7 Å². The third-order valence-electron chi connectivity index (χ3n) is 5.10. The molecule has 30 heavy (non-hydrogen) atoms. The standard InChI is InChI=1S/C22H26Cl2N4O2/c1-16(17-6-2-3-7-18(17)23)25-21(29)14-27-10-12-28(13-11-27)15-22(30)26-20-9-5-4-8-19(20)24/h2-9,16H,10-15H2,1H3,(H,25,29)(H,26,30). The monoisotopic (exact) mass is 448 g/mol. The zero-order valence-electron chi connectivity index (χ0n) is 16.9. The van der Waals surface area contributed by atoms with Gasteiger partial charge in [0.05, 0.1) is 29.8 Å². The predicted octanol–water partition coefficient (Wildman–Crippen LogP) is 3.43. The third kappa shape index (κ3) is 6.44. The number of para-hydroxylation sites is 1. The first-order valence-electron chi connectivity index (χ1n) is 9.95. The van der Waals surface area contributed by atoms with Crippen LogP contribution in [-0.4, -0.2) is 60.9 Å². The van der Waals surface area contributed by atoms with Crippen LogP contribution in [0.25, 0.3) is 0 Å². The quantitative estimate of drug-likeness (QED) is 0.680. The summed E-state index contributed by atoms with van der Waals surface area (Å²) in [6.45, 7) is 5.46. The lowest BCUT2D eigenvalue weighted by molar-refractivity contribution is -0.124. The molecule has 3 rings (SSSR count). The fourth-order valence-electron chi connectivity index (χ4n) is 3.46. The molecule has 2 aromatic rings. The summed E-state index contributed by atoms with van der Waals surface area (Å²) in [5, 5.41) is 7.01. The van der Waals surface area contributed by atoms with Crippen LogP contribution in [0.15, 0.2) is 48.5 Å². The van der Waals surface area contributed by atoms with E-state index in [0.717, 1.165) is 31.7 Å². The molecule has 0 aromatic heterocycles. The molecule has 6 nitrogen and oxygen atoms in total. The number of anilines is 1. The first-order valence-corrected chi connectivity index (χ1v) is 10.7. The van der Waals surface area contributed by atoms with Crippen molar-refractivity contribution in [1.29, 1.82) is 0 Å². The number of carbonyl (C=O) groups excluding carboxylic acids is 2. The third-order valence-corrected chi connectivity index (χ3v) is 5.77. The Balaban J connectivity index is 1.40. The van der Waals surface area contributed by atoms with Crippen molar-refractivity contribution in [3.05, 3.63) is 64.1 Å². The van der Waals surface area contributed by atoms with Crippen LogP contribution < -0.4 is 10.6 Å². The van der Waals surface area contributed by atoms with E-state index in [1.165, 1.54) is 0 Å². The molecule has 2 N–H and O–H groups in total. The zero-order valence-corrected chi connectivity index (χ0v) is 18.4. The maximum absolute atomic E-state index is 12.4. The number of carbonyl (C=O) groups is 2. The molecule has 2 amide bonds. The van der Waals surface area contributed by atoms with E-state index in [2.05, 4.69) is 20.4 Å². The molecule has 1 heterocycles. The molecule has 1 atom stereocenters. The van der Waals surface area contributed by atoms with Crippen LogP contribution in [0.3, 0.4) is 0 Å². The van der Waals surface area contributed by atoms with Crippen molar-refractivity contribution in [3.8, 4) is 0 Å². The van der Waals surface area contributed by atoms with E-state index in [0.29, 0.717) is 28.8 Å². The summed E-state index contributed by atoms with van der Waals surface area (Å²) in [5.74, 6) is -0.129. The Bertz CT molecular complexity index is 885. The normalized spacial score (nSPS) is 16.1. The van der Waals surface area contributed by atoms with Gasteiger partial charge in [-0.2, -0.15) is 0 Å². The lowest BCUT2D eigenvalue weighted by Gasteiger charge is -2.34. The minimum atomic E-state index is -0.152. The highest BCUT2D eigenvalue weighted by Gasteiger charge is 2.22. The van der Waals surface area contributed by atoms with Crippen LogP contribution in [0.1, 0.15) is 18.5 Å². The van der Waals surface area contributed by atoms with E-state index >= 15 is 0 Å². The number of halogens is 2. The second-order valence-corrected chi connectivity index (χ2v) is 8.21. The summed E-state index contributed by atoms with van der Waals surface area (Å²) < 4.78 is 0. The fourth-order valence-corrected chi connectivity index (χ4v) is 3.94. The first kappa shape index (κ1) is 22.6. The molecular formula is C22H26Cl2N4O2. The maximum Gasteiger partial charge on any atom is 0.238 e. The molecule has 1 aliphatic heterocycles. The molecule has 0 bridgehead atoms. The van der Waals surface area contributed by atoms with Crippen LogP contribution in [0.5, 0.6) is 0 Å². The Morgan fingerprint density at radius 3 is 2.00 bits per heavy atom. The second-order valence-electron chi connectivity index (χ2n) is 7.39. The number of piperazine rings is 1. The van der Waals surface area contributed by atoms with Crippen molar-refractivity contribution in [2.24, 2.45) is 0 Å². The van der Waals surface area contributed by atoms with Crippen LogP contribution in [0, 0.1) is 0 Å². The topological polar surface area (TPSA) is 64.7 Å². The molecule has 8 heteroatoms. The summed E-state index contributed by atoms with van der Waals surface area (Å²) in [6.07, 6.45) is 0. The van der Waals surface area contributed by atoms with Crippen molar-refractivity contribution in [1.82, 2.24) is 15.1 Å². The number of nitrogens with one attached hydrogen (secondary N) is 2. The van der Waals surface area contributed by atoms with Gasteiger partial charge in [-0.15, -0.1) is 0 Å². The Labute approximate surface area is 187 Å². The summed E-state index contributed by atoms with van der Waals surface area (Å²) >= 11 is 12.3. The van der Waals surface area contributed by atoms with Crippen molar-refractivity contribution in [2.75, 3.05) is 44.6 Å². The minimum Gasteiger partial charge on any atom is -0.348 e. The molecule has 0 saturated carbocycles. The van der Waals surface area contributed by atoms with E-state index in [4.69, 9.17) is 23.2 Å². The molecule has 0 aliphatic carbocycles. The summed E-state index contributed by atoms with van der Waals surface area (Å²) in [7, 11) is 0. The average Bonchev–Trinajstić information content (AvgIpc) is 2.71. The first-order chi connectivity index (χ1) is 14.4. The molecule has 1 fully saturated rings. The van der Waals surface area contributed by atoms with Gasteiger partial charge in [0.15, 0.2) is 0 Å². The van der Waals surface area contributed by atoms with Crippen LogP contribution >= 0.6 is 23.2 Å². The zero-order chi connectivity index (χ0) is 21.5. The van der Waals surface area contributed by atoms with Gasteiger partial charge in [0.25, 0.3) is 0 Å². The smallest absolute Gasteiger partial charge is 0.238 e. The number of hydrogen-bond acceptors (Lipinski definition) is 4. The number of hydrogen-bond donors (Lipinski definition) is 2. The summed E-state index contributed by atoms with van der Waals surface area (Å²) in [5.41, 5.74) is 1.52. The molecule has 1 saturated heterocycles. The highest BCUT2D eigenvalue weighted by molar-refractivity contribution is 6.33. The lowest BCUT2D eigenvalue weighted by Crippen LogP contribution is -2.51. The minimum absolute atomic E-state index is 0.0349. The number of nitrogens with zero attached hydrogens (tertiary/aromatic N) is 2. The molecule has 1 aliphatic rings. The Morgan fingerprint density at radius 2 is 1.40 bits per heavy atom. The van der Waals surface area contributed by atoms with E-state index in [9.17, 15) is 9.59 Å². The van der Waals surface area contributed by atoms with Crippen molar-refractivity contribution in [2.45, 2.75) is 13.0 Å². The van der Waals surface area contributed by atoms with Crippen LogP contribution in [-0.2, 0) is 9.59 Å².